The Bertz CT molecular complexity index is 553. The van der Waals surface area contributed by atoms with Crippen LogP contribution in [0.2, 0.25) is 0 Å². The van der Waals surface area contributed by atoms with E-state index in [0.29, 0.717) is 17.0 Å². The number of aliphatic carboxylic acids is 1. The van der Waals surface area contributed by atoms with Gasteiger partial charge in [-0.2, -0.15) is 4.98 Å². The van der Waals surface area contributed by atoms with Crippen molar-refractivity contribution in [2.45, 2.75) is 27.2 Å². The summed E-state index contributed by atoms with van der Waals surface area (Å²) in [7, 11) is 1.56. The van der Waals surface area contributed by atoms with Crippen molar-refractivity contribution in [2.24, 2.45) is 5.92 Å². The second kappa shape index (κ2) is 6.31. The van der Waals surface area contributed by atoms with E-state index < -0.39 is 17.6 Å². The van der Waals surface area contributed by atoms with Gasteiger partial charge in [0.25, 0.3) is 0 Å². The highest BCUT2D eigenvalue weighted by molar-refractivity contribution is 5.79. The molecule has 0 radical (unpaired) electrons. The number of hydrogen-bond donors (Lipinski definition) is 2. The highest BCUT2D eigenvalue weighted by Gasteiger charge is 2.19. The third kappa shape index (κ3) is 3.91. The van der Waals surface area contributed by atoms with Crippen LogP contribution >= 0.6 is 0 Å². The normalized spacial score (nSPS) is 12.0. The lowest BCUT2D eigenvalue weighted by molar-refractivity contribution is -0.142. The summed E-state index contributed by atoms with van der Waals surface area (Å²) in [4.78, 5) is 41.7. The van der Waals surface area contributed by atoms with E-state index in [1.54, 1.807) is 27.8 Å². The van der Waals surface area contributed by atoms with Gasteiger partial charge in [0, 0.05) is 30.5 Å². The van der Waals surface area contributed by atoms with Crippen LogP contribution in [0.3, 0.4) is 0 Å². The number of amides is 1. The van der Waals surface area contributed by atoms with Gasteiger partial charge in [0.05, 0.1) is 12.3 Å². The Balaban J connectivity index is 2.81. The number of likely N-dealkylation sites (N-methyl/N-ethyl adjacent to an activating group) is 1. The van der Waals surface area contributed by atoms with E-state index in [0.717, 1.165) is 0 Å². The highest BCUT2D eigenvalue weighted by atomic mass is 16.4. The number of aromatic nitrogens is 2. The van der Waals surface area contributed by atoms with Gasteiger partial charge in [-0.1, -0.05) is 6.92 Å². The number of carbonyl (C=O) groups excluding carboxylic acids is 1. The largest absolute Gasteiger partial charge is 0.481 e. The number of H-pyrrole nitrogens is 1. The number of carboxylic acid groups (broad SMARTS) is 1. The summed E-state index contributed by atoms with van der Waals surface area (Å²) in [6, 6.07) is 0. The van der Waals surface area contributed by atoms with Crippen LogP contribution in [0.1, 0.15) is 23.9 Å². The number of hydrogen-bond acceptors (Lipinski definition) is 4. The average Bonchev–Trinajstić information content (AvgIpc) is 2.32. The first-order valence-electron chi connectivity index (χ1n) is 6.25. The zero-order chi connectivity index (χ0) is 15.4. The molecule has 1 atom stereocenters. The highest BCUT2D eigenvalue weighted by Crippen LogP contribution is 2.10. The van der Waals surface area contributed by atoms with E-state index in [1.165, 1.54) is 4.90 Å². The minimum absolute atomic E-state index is 0.0876. The molecule has 0 saturated heterocycles. The summed E-state index contributed by atoms with van der Waals surface area (Å²) in [5.74, 6) is -1.78. The Labute approximate surface area is 116 Å². The van der Waals surface area contributed by atoms with Gasteiger partial charge in [0.1, 0.15) is 0 Å². The standard InChI is InChI=1S/C13H19N3O4/c1-7(12(18)19)6-16(4)11(17)5-10-8(2)14-13(20)15-9(10)3/h7H,5-6H2,1-4H3,(H,18,19)(H,14,15,20). The van der Waals surface area contributed by atoms with Crippen LogP contribution in [-0.2, 0) is 16.0 Å². The molecule has 0 aromatic carbocycles. The summed E-state index contributed by atoms with van der Waals surface area (Å²) >= 11 is 0. The topological polar surface area (TPSA) is 103 Å². The average molecular weight is 281 g/mol. The second-order valence-corrected chi connectivity index (χ2v) is 4.92. The van der Waals surface area contributed by atoms with Gasteiger partial charge in [0.2, 0.25) is 5.91 Å². The Kier molecular flexibility index (Phi) is 5.01. The van der Waals surface area contributed by atoms with Crippen LogP contribution in [0, 0.1) is 19.8 Å². The number of rotatable bonds is 5. The number of nitrogens with zero attached hydrogens (tertiary/aromatic N) is 2. The van der Waals surface area contributed by atoms with Crippen molar-refractivity contribution in [1.29, 1.82) is 0 Å². The smallest absolute Gasteiger partial charge is 0.345 e. The van der Waals surface area contributed by atoms with E-state index in [1.807, 2.05) is 0 Å². The number of aromatic amines is 1. The molecule has 110 valence electrons. The molecule has 0 spiro atoms. The van der Waals surface area contributed by atoms with E-state index in [-0.39, 0.29) is 18.9 Å². The van der Waals surface area contributed by atoms with Crippen LogP contribution in [0.15, 0.2) is 4.79 Å². The Morgan fingerprint density at radius 2 is 2.00 bits per heavy atom. The van der Waals surface area contributed by atoms with Crippen molar-refractivity contribution in [2.75, 3.05) is 13.6 Å². The molecule has 0 saturated carbocycles. The Morgan fingerprint density at radius 1 is 1.40 bits per heavy atom. The molecule has 1 heterocycles. The van der Waals surface area contributed by atoms with Gasteiger partial charge in [-0.25, -0.2) is 4.79 Å². The fraction of sp³-hybridized carbons (Fsp3) is 0.538. The molecule has 0 aliphatic rings. The Morgan fingerprint density at radius 3 is 2.50 bits per heavy atom. The van der Waals surface area contributed by atoms with Crippen LogP contribution in [-0.4, -0.2) is 45.4 Å². The summed E-state index contributed by atoms with van der Waals surface area (Å²) in [6.07, 6.45) is 0.0876. The number of carboxylic acids is 1. The molecule has 0 aliphatic heterocycles. The molecule has 7 nitrogen and oxygen atoms in total. The lowest BCUT2D eigenvalue weighted by atomic mass is 10.1. The molecule has 7 heteroatoms. The second-order valence-electron chi connectivity index (χ2n) is 4.92. The van der Waals surface area contributed by atoms with Crippen LogP contribution in [0.5, 0.6) is 0 Å². The van der Waals surface area contributed by atoms with Crippen molar-refractivity contribution in [3.8, 4) is 0 Å². The first-order valence-corrected chi connectivity index (χ1v) is 6.25. The predicted molar refractivity (Wildman–Crippen MR) is 72.5 cm³/mol. The zero-order valence-corrected chi connectivity index (χ0v) is 12.1. The van der Waals surface area contributed by atoms with Crippen molar-refractivity contribution in [3.05, 3.63) is 27.4 Å². The van der Waals surface area contributed by atoms with E-state index in [9.17, 15) is 14.4 Å². The molecule has 0 fully saturated rings. The molecule has 1 unspecified atom stereocenters. The summed E-state index contributed by atoms with van der Waals surface area (Å²) in [6.45, 7) is 5.07. The lowest BCUT2D eigenvalue weighted by Crippen LogP contribution is -2.35. The summed E-state index contributed by atoms with van der Waals surface area (Å²) < 4.78 is 0. The Hall–Kier alpha value is -2.18. The summed E-state index contributed by atoms with van der Waals surface area (Å²) in [5.41, 5.74) is 1.35. The fourth-order valence-corrected chi connectivity index (χ4v) is 1.89. The molecule has 20 heavy (non-hydrogen) atoms. The van der Waals surface area contributed by atoms with E-state index in [4.69, 9.17) is 5.11 Å². The molecule has 1 aromatic rings. The van der Waals surface area contributed by atoms with Gasteiger partial charge < -0.3 is 15.0 Å². The monoisotopic (exact) mass is 281 g/mol. The molecule has 0 bridgehead atoms. The lowest BCUT2D eigenvalue weighted by Gasteiger charge is -2.20. The fourth-order valence-electron chi connectivity index (χ4n) is 1.89. The number of carbonyl (C=O) groups is 2. The summed E-state index contributed by atoms with van der Waals surface area (Å²) in [5, 5.41) is 8.83. The van der Waals surface area contributed by atoms with Gasteiger partial charge in [0.15, 0.2) is 0 Å². The maximum atomic E-state index is 12.1. The van der Waals surface area contributed by atoms with Gasteiger partial charge in [-0.15, -0.1) is 0 Å². The third-order valence-corrected chi connectivity index (χ3v) is 3.18. The van der Waals surface area contributed by atoms with Gasteiger partial charge in [-0.3, -0.25) is 9.59 Å². The predicted octanol–water partition coefficient (Wildman–Crippen LogP) is 0.108. The van der Waals surface area contributed by atoms with Crippen LogP contribution < -0.4 is 5.69 Å². The van der Waals surface area contributed by atoms with Crippen LogP contribution in [0.4, 0.5) is 0 Å². The zero-order valence-electron chi connectivity index (χ0n) is 12.1. The maximum Gasteiger partial charge on any atom is 0.345 e. The quantitative estimate of drug-likeness (QED) is 0.797. The van der Waals surface area contributed by atoms with Gasteiger partial charge >= 0.3 is 11.7 Å². The first kappa shape index (κ1) is 15.9. The molecule has 0 aliphatic carbocycles. The minimum atomic E-state index is -0.942. The van der Waals surface area contributed by atoms with Crippen molar-refractivity contribution < 1.29 is 14.7 Å². The number of aryl methyl sites for hydroxylation is 2. The van der Waals surface area contributed by atoms with Crippen molar-refractivity contribution in [1.82, 2.24) is 14.9 Å². The maximum absolute atomic E-state index is 12.1. The molecule has 1 rings (SSSR count). The molecular weight excluding hydrogens is 262 g/mol. The third-order valence-electron chi connectivity index (χ3n) is 3.18. The first-order chi connectivity index (χ1) is 9.22. The van der Waals surface area contributed by atoms with Crippen LogP contribution in [0.25, 0.3) is 0 Å². The van der Waals surface area contributed by atoms with Crippen molar-refractivity contribution >= 4 is 11.9 Å². The SMILES string of the molecule is Cc1nc(=O)[nH]c(C)c1CC(=O)N(C)CC(C)C(=O)O. The number of nitrogens with one attached hydrogen (secondary N) is 1. The van der Waals surface area contributed by atoms with Crippen molar-refractivity contribution in [3.63, 3.8) is 0 Å². The van der Waals surface area contributed by atoms with Gasteiger partial charge in [-0.05, 0) is 13.8 Å². The van der Waals surface area contributed by atoms with E-state index in [2.05, 4.69) is 9.97 Å². The molecule has 1 amide bonds. The molecular formula is C13H19N3O4. The van der Waals surface area contributed by atoms with E-state index >= 15 is 0 Å². The molecule has 2 N–H and O–H groups in total. The minimum Gasteiger partial charge on any atom is -0.481 e. The molecule has 1 aromatic heterocycles.